The van der Waals surface area contributed by atoms with Crippen molar-refractivity contribution >= 4 is 39.9 Å². The van der Waals surface area contributed by atoms with Crippen molar-refractivity contribution in [3.8, 4) is 0 Å². The van der Waals surface area contributed by atoms with Crippen molar-refractivity contribution in [1.29, 1.82) is 0 Å². The van der Waals surface area contributed by atoms with E-state index in [1.54, 1.807) is 36.4 Å². The molecule has 1 amide bonds. The van der Waals surface area contributed by atoms with E-state index in [-0.39, 0.29) is 41.1 Å². The number of fused-ring (bicyclic) bond motifs is 4. The zero-order chi connectivity index (χ0) is 25.2. The lowest BCUT2D eigenvalue weighted by Gasteiger charge is -2.38. The summed E-state index contributed by atoms with van der Waals surface area (Å²) in [6, 6.07) is 18.0. The fourth-order valence-corrected chi connectivity index (χ4v) is 5.42. The largest absolute Gasteiger partial charge is 0.462 e. The van der Waals surface area contributed by atoms with Crippen LogP contribution in [0.15, 0.2) is 77.7 Å². The molecule has 2 heterocycles. The number of carbonyl (C=O) groups excluding carboxylic acids is 3. The van der Waals surface area contributed by atoms with Crippen LogP contribution in [-0.2, 0) is 24.5 Å². The molecule has 36 heavy (non-hydrogen) atoms. The lowest BCUT2D eigenvalue weighted by Crippen LogP contribution is -2.49. The topological polar surface area (TPSA) is 108 Å². The molecule has 2 unspecified atom stereocenters. The molecule has 2 atom stereocenters. The first-order valence-electron chi connectivity index (χ1n) is 12.0. The summed E-state index contributed by atoms with van der Waals surface area (Å²) in [7, 11) is 0. The first-order chi connectivity index (χ1) is 17.4. The number of amides is 1. The third-order valence-corrected chi connectivity index (χ3v) is 7.38. The Bertz CT molecular complexity index is 1560. The van der Waals surface area contributed by atoms with Gasteiger partial charge in [0, 0.05) is 27.8 Å². The summed E-state index contributed by atoms with van der Waals surface area (Å²) in [5, 5.41) is 4.45. The molecule has 3 N–H and O–H groups in total. The molecule has 7 heteroatoms. The molecule has 0 saturated carbocycles. The molecule has 3 aromatic carbocycles. The Morgan fingerprint density at radius 3 is 2.53 bits per heavy atom. The van der Waals surface area contributed by atoms with Crippen LogP contribution in [-0.4, -0.2) is 24.3 Å². The van der Waals surface area contributed by atoms with Gasteiger partial charge in [0.2, 0.25) is 11.8 Å². The van der Waals surface area contributed by atoms with Crippen LogP contribution in [0, 0.1) is 5.92 Å². The molecule has 0 fully saturated rings. The number of para-hydroxylation sites is 1. The second-order valence-corrected chi connectivity index (χ2v) is 9.45. The van der Waals surface area contributed by atoms with Gasteiger partial charge in [0.05, 0.1) is 12.2 Å². The summed E-state index contributed by atoms with van der Waals surface area (Å²) in [6.07, 6.45) is 0.807. The van der Waals surface area contributed by atoms with Crippen LogP contribution in [0.1, 0.15) is 41.8 Å². The minimum Gasteiger partial charge on any atom is -0.462 e. The molecular weight excluding hydrogens is 456 g/mol. The number of anilines is 1. The van der Waals surface area contributed by atoms with Crippen LogP contribution < -0.4 is 11.1 Å². The van der Waals surface area contributed by atoms with Gasteiger partial charge in [-0.3, -0.25) is 9.59 Å². The summed E-state index contributed by atoms with van der Waals surface area (Å²) >= 11 is 0. The Labute approximate surface area is 207 Å². The van der Waals surface area contributed by atoms with Crippen LogP contribution >= 0.6 is 0 Å². The zero-order valence-corrected chi connectivity index (χ0v) is 19.9. The highest BCUT2D eigenvalue weighted by Gasteiger charge is 2.62. The van der Waals surface area contributed by atoms with Gasteiger partial charge in [-0.1, -0.05) is 74.9 Å². The monoisotopic (exact) mass is 480 g/mol. The number of ether oxygens (including phenoxy) is 2. The summed E-state index contributed by atoms with van der Waals surface area (Å²) in [5.74, 6) is -1.67. The van der Waals surface area contributed by atoms with Gasteiger partial charge in [0.15, 0.2) is 5.78 Å². The number of nitrogens with one attached hydrogen (secondary N) is 1. The Balaban J connectivity index is 1.66. The van der Waals surface area contributed by atoms with E-state index in [2.05, 4.69) is 5.32 Å². The lowest BCUT2D eigenvalue weighted by molar-refractivity contribution is -0.142. The fourth-order valence-electron chi connectivity index (χ4n) is 5.42. The van der Waals surface area contributed by atoms with Crippen LogP contribution in [0.3, 0.4) is 0 Å². The van der Waals surface area contributed by atoms with Crippen LogP contribution in [0.4, 0.5) is 5.69 Å². The van der Waals surface area contributed by atoms with Crippen LogP contribution in [0.2, 0.25) is 0 Å². The quantitative estimate of drug-likeness (QED) is 0.535. The molecular formula is C29H24N2O5. The SMILES string of the molecule is CCC(C)COC(=O)C1=C(N)OC2=C(C(=O)c3cccc4cccc2c34)C12C(=O)Nc1ccccc12. The molecule has 0 aromatic heterocycles. The van der Waals surface area contributed by atoms with E-state index < -0.39 is 17.3 Å². The van der Waals surface area contributed by atoms with Gasteiger partial charge in [-0.25, -0.2) is 4.79 Å². The fraction of sp³-hybridized carbons (Fsp3) is 0.207. The van der Waals surface area contributed by atoms with Crippen molar-refractivity contribution in [2.45, 2.75) is 25.7 Å². The number of rotatable bonds is 4. The number of hydrogen-bond acceptors (Lipinski definition) is 6. The van der Waals surface area contributed by atoms with Crippen molar-refractivity contribution in [1.82, 2.24) is 0 Å². The van der Waals surface area contributed by atoms with E-state index in [0.29, 0.717) is 22.4 Å². The van der Waals surface area contributed by atoms with Gasteiger partial charge in [-0.15, -0.1) is 0 Å². The highest BCUT2D eigenvalue weighted by atomic mass is 16.5. The number of carbonyl (C=O) groups is 3. The smallest absolute Gasteiger partial charge is 0.341 e. The molecule has 2 aliphatic heterocycles. The number of benzene rings is 3. The maximum atomic E-state index is 14.2. The third kappa shape index (κ3) is 2.77. The van der Waals surface area contributed by atoms with Crippen molar-refractivity contribution in [2.75, 3.05) is 11.9 Å². The molecule has 0 saturated heterocycles. The predicted octanol–water partition coefficient (Wildman–Crippen LogP) is 4.43. The molecule has 6 rings (SSSR count). The molecule has 0 radical (unpaired) electrons. The summed E-state index contributed by atoms with van der Waals surface area (Å²) < 4.78 is 11.7. The summed E-state index contributed by atoms with van der Waals surface area (Å²) in [4.78, 5) is 41.8. The lowest BCUT2D eigenvalue weighted by atomic mass is 9.64. The van der Waals surface area contributed by atoms with Crippen LogP contribution in [0.25, 0.3) is 16.5 Å². The van der Waals surface area contributed by atoms with Gasteiger partial charge >= 0.3 is 5.97 Å². The van der Waals surface area contributed by atoms with Gasteiger partial charge in [0.1, 0.15) is 16.7 Å². The van der Waals surface area contributed by atoms with Gasteiger partial charge in [0.25, 0.3) is 0 Å². The second-order valence-electron chi connectivity index (χ2n) is 9.45. The first kappa shape index (κ1) is 22.1. The molecule has 180 valence electrons. The standard InChI is InChI=1S/C29H24N2O5/c1-3-15(2)14-35-27(33)23-26(30)36-25-18-11-7-9-16-8-6-10-17(21(16)18)24(32)22(25)29(23)19-12-4-5-13-20(19)31-28(29)34/h4-13,15H,3,14,30H2,1-2H3,(H,31,34). The van der Waals surface area contributed by atoms with Gasteiger partial charge in [-0.2, -0.15) is 0 Å². The molecule has 1 aliphatic carbocycles. The van der Waals surface area contributed by atoms with E-state index in [0.717, 1.165) is 17.2 Å². The first-order valence-corrected chi connectivity index (χ1v) is 12.0. The van der Waals surface area contributed by atoms with E-state index >= 15 is 0 Å². The van der Waals surface area contributed by atoms with E-state index in [4.69, 9.17) is 15.2 Å². The van der Waals surface area contributed by atoms with E-state index in [1.165, 1.54) is 0 Å². The van der Waals surface area contributed by atoms with E-state index in [1.807, 2.05) is 38.1 Å². The average molecular weight is 481 g/mol. The number of esters is 1. The maximum absolute atomic E-state index is 14.2. The molecule has 3 aromatic rings. The highest BCUT2D eigenvalue weighted by molar-refractivity contribution is 6.32. The molecule has 3 aliphatic rings. The minimum atomic E-state index is -1.81. The zero-order valence-electron chi connectivity index (χ0n) is 19.9. The maximum Gasteiger partial charge on any atom is 0.341 e. The van der Waals surface area contributed by atoms with Gasteiger partial charge < -0.3 is 20.5 Å². The summed E-state index contributed by atoms with van der Waals surface area (Å²) in [5.41, 5.74) is 6.55. The van der Waals surface area contributed by atoms with Crippen molar-refractivity contribution in [3.63, 3.8) is 0 Å². The molecule has 1 spiro atoms. The Hall–Kier alpha value is -4.39. The number of Topliss-reactive ketones (excluding diaryl/α,β-unsaturated/α-hetero) is 1. The Morgan fingerprint density at radius 1 is 1.06 bits per heavy atom. The normalized spacial score (nSPS) is 20.7. The Morgan fingerprint density at radius 2 is 1.78 bits per heavy atom. The minimum absolute atomic E-state index is 0.0702. The van der Waals surface area contributed by atoms with Crippen molar-refractivity contribution in [2.24, 2.45) is 11.7 Å². The van der Waals surface area contributed by atoms with Crippen molar-refractivity contribution in [3.05, 3.63) is 94.4 Å². The number of nitrogens with two attached hydrogens (primary N) is 1. The number of ketones is 1. The predicted molar refractivity (Wildman–Crippen MR) is 135 cm³/mol. The second kappa shape index (κ2) is 7.81. The molecule has 0 bridgehead atoms. The molecule has 7 nitrogen and oxygen atoms in total. The van der Waals surface area contributed by atoms with E-state index in [9.17, 15) is 14.4 Å². The summed E-state index contributed by atoms with van der Waals surface area (Å²) in [6.45, 7) is 4.10. The van der Waals surface area contributed by atoms with Crippen LogP contribution in [0.5, 0.6) is 0 Å². The van der Waals surface area contributed by atoms with Crippen molar-refractivity contribution < 1.29 is 23.9 Å². The highest BCUT2D eigenvalue weighted by Crippen LogP contribution is 2.56. The average Bonchev–Trinajstić information content (AvgIpc) is 3.17. The number of hydrogen-bond donors (Lipinski definition) is 2. The van der Waals surface area contributed by atoms with Gasteiger partial charge in [-0.05, 0) is 17.4 Å². The third-order valence-electron chi connectivity index (χ3n) is 7.38. The Kier molecular flexibility index (Phi) is 4.80.